The molecule has 0 spiro atoms. The minimum absolute atomic E-state index is 0.742. The van der Waals surface area contributed by atoms with Gasteiger partial charge in [-0.3, -0.25) is 0 Å². The van der Waals surface area contributed by atoms with Crippen LogP contribution in [0.15, 0.2) is 30.0 Å². The molecule has 0 amide bonds. The molecule has 3 nitrogen and oxygen atoms in total. The molecular formula is C15H22N2O. The van der Waals surface area contributed by atoms with Crippen molar-refractivity contribution in [1.82, 2.24) is 4.98 Å². The van der Waals surface area contributed by atoms with Crippen molar-refractivity contribution < 1.29 is 4.74 Å². The summed E-state index contributed by atoms with van der Waals surface area (Å²) in [5, 5.41) is 3.37. The number of aromatic nitrogens is 1. The van der Waals surface area contributed by atoms with Crippen LogP contribution in [0.3, 0.4) is 0 Å². The van der Waals surface area contributed by atoms with Crippen molar-refractivity contribution in [2.24, 2.45) is 0 Å². The summed E-state index contributed by atoms with van der Waals surface area (Å²) < 4.78 is 5.67. The van der Waals surface area contributed by atoms with E-state index in [1.807, 2.05) is 12.1 Å². The summed E-state index contributed by atoms with van der Waals surface area (Å²) in [6, 6.07) is 3.88. The number of allylic oxidation sites excluding steroid dienone is 1. The minimum atomic E-state index is 0.742. The Balaban J connectivity index is 1.83. The Morgan fingerprint density at radius 3 is 3.17 bits per heavy atom. The van der Waals surface area contributed by atoms with Gasteiger partial charge in [0.25, 0.3) is 0 Å². The van der Waals surface area contributed by atoms with Crippen LogP contribution in [0.5, 0.6) is 5.75 Å². The summed E-state index contributed by atoms with van der Waals surface area (Å²) in [5.41, 5.74) is 1.58. The Kier molecular flexibility index (Phi) is 5.06. The van der Waals surface area contributed by atoms with Crippen molar-refractivity contribution in [3.8, 4) is 5.75 Å². The first-order chi connectivity index (χ1) is 8.90. The van der Waals surface area contributed by atoms with Gasteiger partial charge >= 0.3 is 0 Å². The normalized spacial score (nSPS) is 14.4. The predicted octanol–water partition coefficient (Wildman–Crippen LogP) is 3.78. The summed E-state index contributed by atoms with van der Waals surface area (Å²) in [4.78, 5) is 4.34. The van der Waals surface area contributed by atoms with Gasteiger partial charge in [-0.15, -0.1) is 0 Å². The maximum absolute atomic E-state index is 5.67. The van der Waals surface area contributed by atoms with Gasteiger partial charge in [0.05, 0.1) is 6.61 Å². The smallest absolute Gasteiger partial charge is 0.168 e. The highest BCUT2D eigenvalue weighted by Gasteiger charge is 2.06. The van der Waals surface area contributed by atoms with Gasteiger partial charge in [-0.1, -0.05) is 18.6 Å². The molecule has 1 aliphatic rings. The van der Waals surface area contributed by atoms with E-state index < -0.39 is 0 Å². The standard InChI is InChI=1S/C15H22N2O/c1-2-12-18-14-8-5-10-16-15(14)17-11-9-13-6-3-4-7-13/h5-6,8,10H,2-4,7,9,11-12H2,1H3,(H,16,17). The summed E-state index contributed by atoms with van der Waals surface area (Å²) in [6.07, 6.45) is 10.1. The van der Waals surface area contributed by atoms with Gasteiger partial charge < -0.3 is 10.1 Å². The Morgan fingerprint density at radius 1 is 1.44 bits per heavy atom. The molecule has 0 unspecified atom stereocenters. The highest BCUT2D eigenvalue weighted by atomic mass is 16.5. The zero-order chi connectivity index (χ0) is 12.6. The van der Waals surface area contributed by atoms with E-state index in [4.69, 9.17) is 4.74 Å². The maximum atomic E-state index is 5.67. The fraction of sp³-hybridized carbons (Fsp3) is 0.533. The SMILES string of the molecule is CCCOc1cccnc1NCCC1=CCCC1. The maximum Gasteiger partial charge on any atom is 0.168 e. The van der Waals surface area contributed by atoms with Gasteiger partial charge in [0.2, 0.25) is 0 Å². The van der Waals surface area contributed by atoms with Crippen LogP contribution in [0.1, 0.15) is 39.0 Å². The average Bonchev–Trinajstić information content (AvgIpc) is 2.91. The number of hydrogen-bond acceptors (Lipinski definition) is 3. The second-order valence-electron chi connectivity index (χ2n) is 4.63. The molecular weight excluding hydrogens is 224 g/mol. The molecule has 1 N–H and O–H groups in total. The quantitative estimate of drug-likeness (QED) is 0.743. The van der Waals surface area contributed by atoms with E-state index in [2.05, 4.69) is 23.3 Å². The first-order valence-electron chi connectivity index (χ1n) is 6.89. The van der Waals surface area contributed by atoms with Crippen molar-refractivity contribution in [2.75, 3.05) is 18.5 Å². The lowest BCUT2D eigenvalue weighted by atomic mass is 10.2. The number of nitrogens with one attached hydrogen (secondary N) is 1. The first kappa shape index (κ1) is 12.9. The molecule has 18 heavy (non-hydrogen) atoms. The van der Waals surface area contributed by atoms with E-state index in [9.17, 15) is 0 Å². The van der Waals surface area contributed by atoms with Crippen LogP contribution < -0.4 is 10.1 Å². The van der Waals surface area contributed by atoms with Gasteiger partial charge in [-0.2, -0.15) is 0 Å². The number of ether oxygens (including phenoxy) is 1. The molecule has 1 aromatic rings. The van der Waals surface area contributed by atoms with Gasteiger partial charge in [-0.05, 0) is 44.2 Å². The van der Waals surface area contributed by atoms with Crippen LogP contribution in [0, 0.1) is 0 Å². The third kappa shape index (κ3) is 3.76. The topological polar surface area (TPSA) is 34.1 Å². The van der Waals surface area contributed by atoms with Crippen molar-refractivity contribution >= 4 is 5.82 Å². The summed E-state index contributed by atoms with van der Waals surface area (Å²) in [7, 11) is 0. The van der Waals surface area contributed by atoms with Crippen LogP contribution in [0.25, 0.3) is 0 Å². The van der Waals surface area contributed by atoms with Crippen LogP contribution in [-0.2, 0) is 0 Å². The second kappa shape index (κ2) is 7.04. The second-order valence-corrected chi connectivity index (χ2v) is 4.63. The van der Waals surface area contributed by atoms with Crippen molar-refractivity contribution in [3.05, 3.63) is 30.0 Å². The zero-order valence-electron chi connectivity index (χ0n) is 11.1. The van der Waals surface area contributed by atoms with Gasteiger partial charge in [0.15, 0.2) is 11.6 Å². The number of hydrogen-bond donors (Lipinski definition) is 1. The first-order valence-corrected chi connectivity index (χ1v) is 6.89. The highest BCUT2D eigenvalue weighted by Crippen LogP contribution is 2.23. The monoisotopic (exact) mass is 246 g/mol. The Hall–Kier alpha value is -1.51. The largest absolute Gasteiger partial charge is 0.490 e. The van der Waals surface area contributed by atoms with Gasteiger partial charge in [0.1, 0.15) is 0 Å². The fourth-order valence-corrected chi connectivity index (χ4v) is 2.16. The third-order valence-electron chi connectivity index (χ3n) is 3.11. The molecule has 0 aromatic carbocycles. The van der Waals surface area contributed by atoms with E-state index in [-0.39, 0.29) is 0 Å². The molecule has 0 fully saturated rings. The number of pyridine rings is 1. The van der Waals surface area contributed by atoms with Gasteiger partial charge in [0, 0.05) is 12.7 Å². The molecule has 0 radical (unpaired) electrons. The average molecular weight is 246 g/mol. The lowest BCUT2D eigenvalue weighted by Crippen LogP contribution is -2.07. The van der Waals surface area contributed by atoms with Crippen molar-refractivity contribution in [1.29, 1.82) is 0 Å². The predicted molar refractivity (Wildman–Crippen MR) is 75.1 cm³/mol. The van der Waals surface area contributed by atoms with Crippen molar-refractivity contribution in [2.45, 2.75) is 39.0 Å². The number of anilines is 1. The van der Waals surface area contributed by atoms with Crippen LogP contribution in [0.2, 0.25) is 0 Å². The molecule has 0 saturated heterocycles. The Morgan fingerprint density at radius 2 is 2.39 bits per heavy atom. The van der Waals surface area contributed by atoms with E-state index in [1.54, 1.807) is 11.8 Å². The molecule has 1 aromatic heterocycles. The number of nitrogens with zero attached hydrogens (tertiary/aromatic N) is 1. The zero-order valence-corrected chi connectivity index (χ0v) is 11.1. The summed E-state index contributed by atoms with van der Waals surface area (Å²) in [5.74, 6) is 1.73. The molecule has 0 atom stereocenters. The van der Waals surface area contributed by atoms with Crippen LogP contribution in [-0.4, -0.2) is 18.1 Å². The van der Waals surface area contributed by atoms with E-state index in [0.717, 1.165) is 37.6 Å². The number of rotatable bonds is 7. The molecule has 1 heterocycles. The Labute approximate surface area is 109 Å². The summed E-state index contributed by atoms with van der Waals surface area (Å²) in [6.45, 7) is 3.78. The molecule has 0 aliphatic heterocycles. The fourth-order valence-electron chi connectivity index (χ4n) is 2.16. The molecule has 0 saturated carbocycles. The summed E-state index contributed by atoms with van der Waals surface area (Å²) >= 11 is 0. The molecule has 1 aliphatic carbocycles. The van der Waals surface area contributed by atoms with Crippen LogP contribution in [0.4, 0.5) is 5.82 Å². The van der Waals surface area contributed by atoms with Gasteiger partial charge in [-0.25, -0.2) is 4.98 Å². The molecule has 98 valence electrons. The van der Waals surface area contributed by atoms with E-state index >= 15 is 0 Å². The molecule has 3 heteroatoms. The molecule has 2 rings (SSSR count). The lowest BCUT2D eigenvalue weighted by molar-refractivity contribution is 0.318. The van der Waals surface area contributed by atoms with E-state index in [1.165, 1.54) is 19.3 Å². The lowest BCUT2D eigenvalue weighted by Gasteiger charge is -2.11. The minimum Gasteiger partial charge on any atom is -0.490 e. The Bertz CT molecular complexity index is 401. The van der Waals surface area contributed by atoms with E-state index in [0.29, 0.717) is 0 Å². The van der Waals surface area contributed by atoms with Crippen molar-refractivity contribution in [3.63, 3.8) is 0 Å². The molecule has 0 bridgehead atoms. The third-order valence-corrected chi connectivity index (χ3v) is 3.11. The van der Waals surface area contributed by atoms with Crippen LogP contribution >= 0.6 is 0 Å². The highest BCUT2D eigenvalue weighted by molar-refractivity contribution is 5.49.